The third kappa shape index (κ3) is 2.86. The van der Waals surface area contributed by atoms with Crippen LogP contribution in [0.15, 0.2) is 12.1 Å². The molecule has 0 spiro atoms. The summed E-state index contributed by atoms with van der Waals surface area (Å²) in [6, 6.07) is 1.04. The molecule has 1 fully saturated rings. The van der Waals surface area contributed by atoms with Crippen molar-refractivity contribution in [2.75, 3.05) is 0 Å². The fraction of sp³-hybridized carbons (Fsp3) is 0.417. The number of carbonyl (C=O) groups is 1. The third-order valence-corrected chi connectivity index (χ3v) is 3.01. The second kappa shape index (κ2) is 5.29. The molecular formula is C12H11F2NO4. The predicted octanol–water partition coefficient (Wildman–Crippen LogP) is 2.97. The highest BCUT2D eigenvalue weighted by atomic mass is 19.1. The molecule has 0 atom stereocenters. The number of rotatable bonds is 3. The second-order valence-corrected chi connectivity index (χ2v) is 4.36. The average Bonchev–Trinajstić information content (AvgIpc) is 2.84. The SMILES string of the molecule is O=C(OC1CCCC1)c1cc(F)cc([N+](=O)[O-])c1F. The van der Waals surface area contributed by atoms with Gasteiger partial charge in [0.25, 0.3) is 0 Å². The van der Waals surface area contributed by atoms with Gasteiger partial charge in [-0.2, -0.15) is 4.39 Å². The first-order chi connectivity index (χ1) is 8.99. The van der Waals surface area contributed by atoms with Gasteiger partial charge < -0.3 is 4.74 Å². The quantitative estimate of drug-likeness (QED) is 0.481. The van der Waals surface area contributed by atoms with Gasteiger partial charge in [-0.3, -0.25) is 10.1 Å². The van der Waals surface area contributed by atoms with E-state index in [9.17, 15) is 23.7 Å². The van der Waals surface area contributed by atoms with Crippen molar-refractivity contribution < 1.29 is 23.2 Å². The number of esters is 1. The molecule has 1 aromatic carbocycles. The van der Waals surface area contributed by atoms with E-state index in [1.807, 2.05) is 0 Å². The smallest absolute Gasteiger partial charge is 0.341 e. The van der Waals surface area contributed by atoms with Crippen molar-refractivity contribution in [2.24, 2.45) is 0 Å². The molecular weight excluding hydrogens is 260 g/mol. The predicted molar refractivity (Wildman–Crippen MR) is 60.7 cm³/mol. The minimum atomic E-state index is -1.37. The van der Waals surface area contributed by atoms with Crippen LogP contribution in [0.5, 0.6) is 0 Å². The Balaban J connectivity index is 2.27. The maximum absolute atomic E-state index is 13.7. The van der Waals surface area contributed by atoms with Crippen LogP contribution < -0.4 is 0 Å². The summed E-state index contributed by atoms with van der Waals surface area (Å²) in [6.07, 6.45) is 2.83. The topological polar surface area (TPSA) is 69.4 Å². The molecule has 2 rings (SSSR count). The van der Waals surface area contributed by atoms with Gasteiger partial charge in [0.2, 0.25) is 5.82 Å². The molecule has 1 aliphatic rings. The van der Waals surface area contributed by atoms with Gasteiger partial charge in [0.15, 0.2) is 0 Å². The van der Waals surface area contributed by atoms with Crippen LogP contribution in [0.2, 0.25) is 0 Å². The molecule has 0 heterocycles. The number of halogens is 2. The molecule has 102 valence electrons. The second-order valence-electron chi connectivity index (χ2n) is 4.36. The molecule has 0 N–H and O–H groups in total. The van der Waals surface area contributed by atoms with Crippen molar-refractivity contribution in [3.05, 3.63) is 39.4 Å². The molecule has 0 unspecified atom stereocenters. The van der Waals surface area contributed by atoms with Gasteiger partial charge in [0.1, 0.15) is 17.5 Å². The average molecular weight is 271 g/mol. The zero-order chi connectivity index (χ0) is 14.0. The van der Waals surface area contributed by atoms with Gasteiger partial charge in [-0.05, 0) is 31.7 Å². The number of ether oxygens (including phenoxy) is 1. The Morgan fingerprint density at radius 1 is 1.32 bits per heavy atom. The molecule has 0 aromatic heterocycles. The first-order valence-corrected chi connectivity index (χ1v) is 5.83. The van der Waals surface area contributed by atoms with Crippen molar-refractivity contribution in [2.45, 2.75) is 31.8 Å². The minimum Gasteiger partial charge on any atom is -0.459 e. The highest BCUT2D eigenvalue weighted by molar-refractivity contribution is 5.90. The zero-order valence-corrected chi connectivity index (χ0v) is 9.90. The monoisotopic (exact) mass is 271 g/mol. The first-order valence-electron chi connectivity index (χ1n) is 5.83. The summed E-state index contributed by atoms with van der Waals surface area (Å²) < 4.78 is 31.9. The van der Waals surface area contributed by atoms with Crippen LogP contribution in [0.4, 0.5) is 14.5 Å². The molecule has 19 heavy (non-hydrogen) atoms. The summed E-state index contributed by atoms with van der Waals surface area (Å²) in [5, 5.41) is 10.5. The van der Waals surface area contributed by atoms with Crippen LogP contribution in [-0.4, -0.2) is 17.0 Å². The minimum absolute atomic E-state index is 0.325. The van der Waals surface area contributed by atoms with Crippen LogP contribution in [0.3, 0.4) is 0 Å². The Hall–Kier alpha value is -2.05. The summed E-state index contributed by atoms with van der Waals surface area (Å²) in [6.45, 7) is 0. The normalized spacial score (nSPS) is 15.5. The zero-order valence-electron chi connectivity index (χ0n) is 9.90. The summed E-state index contributed by atoms with van der Waals surface area (Å²) in [4.78, 5) is 21.2. The molecule has 1 saturated carbocycles. The van der Waals surface area contributed by atoms with E-state index >= 15 is 0 Å². The molecule has 0 aliphatic heterocycles. The lowest BCUT2D eigenvalue weighted by Gasteiger charge is -2.11. The molecule has 5 nitrogen and oxygen atoms in total. The maximum atomic E-state index is 13.7. The lowest BCUT2D eigenvalue weighted by Crippen LogP contribution is -2.16. The van der Waals surface area contributed by atoms with Gasteiger partial charge in [-0.25, -0.2) is 9.18 Å². The molecule has 1 aliphatic carbocycles. The molecule has 0 amide bonds. The summed E-state index contributed by atoms with van der Waals surface area (Å²) in [5.74, 6) is -3.48. The van der Waals surface area contributed by atoms with Crippen LogP contribution in [0.1, 0.15) is 36.0 Å². The van der Waals surface area contributed by atoms with Crippen molar-refractivity contribution in [3.63, 3.8) is 0 Å². The van der Waals surface area contributed by atoms with Crippen LogP contribution in [0, 0.1) is 21.7 Å². The number of hydrogen-bond acceptors (Lipinski definition) is 4. The van der Waals surface area contributed by atoms with E-state index in [1.54, 1.807) is 0 Å². The lowest BCUT2D eigenvalue weighted by molar-refractivity contribution is -0.387. The van der Waals surface area contributed by atoms with E-state index in [4.69, 9.17) is 4.74 Å². The van der Waals surface area contributed by atoms with Crippen LogP contribution in [0.25, 0.3) is 0 Å². The highest BCUT2D eigenvalue weighted by Gasteiger charge is 2.27. The standard InChI is InChI=1S/C12H11F2NO4/c13-7-5-9(11(14)10(6-7)15(17)18)12(16)19-8-3-1-2-4-8/h5-6,8H,1-4H2. The Morgan fingerprint density at radius 3 is 2.53 bits per heavy atom. The van der Waals surface area contributed by atoms with Gasteiger partial charge in [0.05, 0.1) is 11.0 Å². The van der Waals surface area contributed by atoms with Gasteiger partial charge in [-0.15, -0.1) is 0 Å². The lowest BCUT2D eigenvalue weighted by atomic mass is 10.1. The molecule has 0 saturated heterocycles. The summed E-state index contributed by atoms with van der Waals surface area (Å²) in [7, 11) is 0. The van der Waals surface area contributed by atoms with Crippen LogP contribution >= 0.6 is 0 Å². The Bertz CT molecular complexity index is 527. The molecule has 1 aromatic rings. The number of benzene rings is 1. The third-order valence-electron chi connectivity index (χ3n) is 3.01. The van der Waals surface area contributed by atoms with Crippen molar-refractivity contribution in [1.82, 2.24) is 0 Å². The number of nitro benzene ring substituents is 1. The Kier molecular flexibility index (Phi) is 3.73. The van der Waals surface area contributed by atoms with Gasteiger partial charge >= 0.3 is 11.7 Å². The van der Waals surface area contributed by atoms with E-state index in [0.29, 0.717) is 25.0 Å². The molecule has 0 bridgehead atoms. The highest BCUT2D eigenvalue weighted by Crippen LogP contribution is 2.26. The summed E-state index contributed by atoms with van der Waals surface area (Å²) >= 11 is 0. The maximum Gasteiger partial charge on any atom is 0.341 e. The fourth-order valence-corrected chi connectivity index (χ4v) is 2.08. The van der Waals surface area contributed by atoms with Crippen molar-refractivity contribution >= 4 is 11.7 Å². The van der Waals surface area contributed by atoms with E-state index in [1.165, 1.54) is 0 Å². The Labute approximate surface area is 107 Å². The van der Waals surface area contributed by atoms with Gasteiger partial charge in [0, 0.05) is 0 Å². The largest absolute Gasteiger partial charge is 0.459 e. The van der Waals surface area contributed by atoms with E-state index < -0.39 is 33.8 Å². The van der Waals surface area contributed by atoms with Crippen LogP contribution in [-0.2, 0) is 4.74 Å². The van der Waals surface area contributed by atoms with Gasteiger partial charge in [-0.1, -0.05) is 0 Å². The Morgan fingerprint density at radius 2 is 1.95 bits per heavy atom. The summed E-state index contributed by atoms with van der Waals surface area (Å²) in [5.41, 5.74) is -1.81. The van der Waals surface area contributed by atoms with Crippen molar-refractivity contribution in [3.8, 4) is 0 Å². The van der Waals surface area contributed by atoms with Crippen molar-refractivity contribution in [1.29, 1.82) is 0 Å². The number of nitrogens with zero attached hydrogens (tertiary/aromatic N) is 1. The van der Waals surface area contributed by atoms with E-state index in [2.05, 4.69) is 0 Å². The number of nitro groups is 1. The number of hydrogen-bond donors (Lipinski definition) is 0. The molecule has 7 heteroatoms. The van der Waals surface area contributed by atoms with E-state index in [0.717, 1.165) is 12.8 Å². The molecule has 0 radical (unpaired) electrons. The first kappa shape index (κ1) is 13.4. The number of carbonyl (C=O) groups excluding carboxylic acids is 1. The fourth-order valence-electron chi connectivity index (χ4n) is 2.08. The van der Waals surface area contributed by atoms with E-state index in [-0.39, 0.29) is 6.10 Å².